The highest BCUT2D eigenvalue weighted by Gasteiger charge is 2.33. The summed E-state index contributed by atoms with van der Waals surface area (Å²) < 4.78 is 14.3. The van der Waals surface area contributed by atoms with E-state index in [1.165, 1.54) is 25.7 Å². The zero-order valence-electron chi connectivity index (χ0n) is 14.8. The number of aryl methyl sites for hydroxylation is 1. The number of carbonyl (C=O) groups excluding carboxylic acids is 1. The number of carbonyl (C=O) groups is 1. The molecular weight excluding hydrogens is 323 g/mol. The van der Waals surface area contributed by atoms with Gasteiger partial charge < -0.3 is 0 Å². The van der Waals surface area contributed by atoms with Gasteiger partial charge in [-0.3, -0.25) is 4.79 Å². The minimum absolute atomic E-state index is 0.0305. The normalized spacial score (nSPS) is 31.0. The first-order valence-corrected chi connectivity index (χ1v) is 9.84. The lowest BCUT2D eigenvalue weighted by atomic mass is 9.68. The molecule has 1 nitrogen and oxygen atoms in total. The molecule has 3 rings (SSSR count). The molecule has 0 N–H and O–H groups in total. The van der Waals surface area contributed by atoms with Crippen LogP contribution in [0.5, 0.6) is 0 Å². The van der Waals surface area contributed by atoms with Crippen molar-refractivity contribution in [2.45, 2.75) is 65.2 Å². The maximum Gasteiger partial charge on any atom is 0.168 e. The molecule has 1 aromatic rings. The first-order chi connectivity index (χ1) is 11.5. The van der Waals surface area contributed by atoms with E-state index in [1.54, 1.807) is 19.1 Å². The van der Waals surface area contributed by atoms with Gasteiger partial charge >= 0.3 is 0 Å². The van der Waals surface area contributed by atoms with Crippen molar-refractivity contribution in [1.29, 1.82) is 0 Å². The first kappa shape index (κ1) is 17.9. The van der Waals surface area contributed by atoms with Gasteiger partial charge in [0.15, 0.2) is 11.6 Å². The Morgan fingerprint density at radius 1 is 1.00 bits per heavy atom. The quantitative estimate of drug-likeness (QED) is 0.561. The maximum absolute atomic E-state index is 14.3. The van der Waals surface area contributed by atoms with E-state index < -0.39 is 5.82 Å². The van der Waals surface area contributed by atoms with Gasteiger partial charge in [0.2, 0.25) is 0 Å². The lowest BCUT2D eigenvalue weighted by Gasteiger charge is -2.37. The van der Waals surface area contributed by atoms with E-state index in [2.05, 4.69) is 6.92 Å². The fourth-order valence-electron chi connectivity index (χ4n) is 4.67. The first-order valence-electron chi connectivity index (χ1n) is 9.46. The molecule has 0 atom stereocenters. The summed E-state index contributed by atoms with van der Waals surface area (Å²) in [5, 5.41) is 0.0888. The van der Waals surface area contributed by atoms with Gasteiger partial charge in [-0.15, -0.1) is 0 Å². The number of hydrogen-bond donors (Lipinski definition) is 0. The summed E-state index contributed by atoms with van der Waals surface area (Å²) in [4.78, 5) is 12.7. The summed E-state index contributed by atoms with van der Waals surface area (Å²) in [7, 11) is 0. The number of benzene rings is 1. The Morgan fingerprint density at radius 2 is 1.54 bits per heavy atom. The van der Waals surface area contributed by atoms with Crippen molar-refractivity contribution in [1.82, 2.24) is 0 Å². The van der Waals surface area contributed by atoms with Crippen LogP contribution >= 0.6 is 11.6 Å². The summed E-state index contributed by atoms with van der Waals surface area (Å²) in [6, 6.07) is 3.35. The van der Waals surface area contributed by atoms with E-state index in [0.717, 1.165) is 43.4 Å². The maximum atomic E-state index is 14.3. The van der Waals surface area contributed by atoms with Crippen LogP contribution in [0.25, 0.3) is 0 Å². The second-order valence-electron chi connectivity index (χ2n) is 8.05. The molecule has 2 aliphatic rings. The highest BCUT2D eigenvalue weighted by molar-refractivity contribution is 6.31. The standard InChI is InChI=1S/C21H28ClFO/c1-13-3-6-15(7-4-13)16-8-10-17(11-9-16)21(24)18-12-5-14(2)19(22)20(18)23/h5,12-13,15-17H,3-4,6-11H2,1-2H3. The van der Waals surface area contributed by atoms with Crippen LogP contribution in [0.1, 0.15) is 74.2 Å². The predicted molar refractivity (Wildman–Crippen MR) is 97.0 cm³/mol. The Balaban J connectivity index is 1.60. The van der Waals surface area contributed by atoms with Crippen LogP contribution in [0.2, 0.25) is 5.02 Å². The summed E-state index contributed by atoms with van der Waals surface area (Å²) in [6.07, 6.45) is 9.47. The van der Waals surface area contributed by atoms with Gasteiger partial charge in [0, 0.05) is 5.92 Å². The smallest absolute Gasteiger partial charge is 0.168 e. The molecule has 1 aromatic carbocycles. The average Bonchev–Trinajstić information content (AvgIpc) is 2.60. The minimum atomic E-state index is -0.537. The molecule has 24 heavy (non-hydrogen) atoms. The second-order valence-corrected chi connectivity index (χ2v) is 8.43. The number of halogens is 2. The topological polar surface area (TPSA) is 17.1 Å². The summed E-state index contributed by atoms with van der Waals surface area (Å²) in [6.45, 7) is 4.11. The molecule has 0 spiro atoms. The van der Waals surface area contributed by atoms with Crippen LogP contribution in [0.3, 0.4) is 0 Å². The zero-order valence-corrected chi connectivity index (χ0v) is 15.5. The Bertz CT molecular complexity index is 596. The summed E-state index contributed by atoms with van der Waals surface area (Å²) >= 11 is 5.98. The molecule has 2 saturated carbocycles. The van der Waals surface area contributed by atoms with Gasteiger partial charge in [-0.2, -0.15) is 0 Å². The van der Waals surface area contributed by atoms with E-state index in [-0.39, 0.29) is 22.3 Å². The summed E-state index contributed by atoms with van der Waals surface area (Å²) in [5.74, 6) is 1.89. The SMILES string of the molecule is Cc1ccc(C(=O)C2CCC(C3CCC(C)CC3)CC2)c(F)c1Cl. The fourth-order valence-corrected chi connectivity index (χ4v) is 4.83. The van der Waals surface area contributed by atoms with Gasteiger partial charge in [-0.05, 0) is 74.8 Å². The fraction of sp³-hybridized carbons (Fsp3) is 0.667. The van der Waals surface area contributed by atoms with Crippen molar-refractivity contribution >= 4 is 17.4 Å². The monoisotopic (exact) mass is 350 g/mol. The van der Waals surface area contributed by atoms with E-state index in [1.807, 2.05) is 0 Å². The predicted octanol–water partition coefficient (Wildman–Crippen LogP) is 6.60. The number of ketones is 1. The van der Waals surface area contributed by atoms with E-state index in [9.17, 15) is 9.18 Å². The highest BCUT2D eigenvalue weighted by atomic mass is 35.5. The molecule has 0 saturated heterocycles. The van der Waals surface area contributed by atoms with Crippen molar-refractivity contribution in [2.75, 3.05) is 0 Å². The van der Waals surface area contributed by atoms with Gasteiger partial charge in [0.25, 0.3) is 0 Å². The van der Waals surface area contributed by atoms with Crippen molar-refractivity contribution in [3.8, 4) is 0 Å². The largest absolute Gasteiger partial charge is 0.294 e. The Hall–Kier alpha value is -0.890. The molecule has 2 aliphatic carbocycles. The molecule has 0 radical (unpaired) electrons. The van der Waals surface area contributed by atoms with E-state index >= 15 is 0 Å². The summed E-state index contributed by atoms with van der Waals surface area (Å²) in [5.41, 5.74) is 0.862. The minimum Gasteiger partial charge on any atom is -0.294 e. The Kier molecular flexibility index (Phi) is 5.64. The van der Waals surface area contributed by atoms with Crippen LogP contribution in [0, 0.1) is 36.4 Å². The molecule has 132 valence electrons. The van der Waals surface area contributed by atoms with E-state index in [0.29, 0.717) is 5.56 Å². The number of rotatable bonds is 3. The molecule has 3 heteroatoms. The van der Waals surface area contributed by atoms with Crippen molar-refractivity contribution in [3.05, 3.63) is 34.1 Å². The number of hydrogen-bond acceptors (Lipinski definition) is 1. The molecule has 0 aliphatic heterocycles. The highest BCUT2D eigenvalue weighted by Crippen LogP contribution is 2.42. The van der Waals surface area contributed by atoms with Crippen molar-refractivity contribution < 1.29 is 9.18 Å². The molecular formula is C21H28ClFO. The Morgan fingerprint density at radius 3 is 2.12 bits per heavy atom. The van der Waals surface area contributed by atoms with E-state index in [4.69, 9.17) is 11.6 Å². The molecule has 0 amide bonds. The third kappa shape index (κ3) is 3.69. The van der Waals surface area contributed by atoms with Crippen LogP contribution in [0.15, 0.2) is 12.1 Å². The molecule has 0 aromatic heterocycles. The molecule has 0 unspecified atom stereocenters. The van der Waals surface area contributed by atoms with Crippen molar-refractivity contribution in [2.24, 2.45) is 23.7 Å². The second kappa shape index (κ2) is 7.56. The van der Waals surface area contributed by atoms with Gasteiger partial charge in [0.05, 0.1) is 10.6 Å². The molecule has 0 heterocycles. The Labute approximate surface area is 150 Å². The lowest BCUT2D eigenvalue weighted by Crippen LogP contribution is -2.28. The van der Waals surface area contributed by atoms with Gasteiger partial charge in [-0.1, -0.05) is 37.4 Å². The molecule has 0 bridgehead atoms. The van der Waals surface area contributed by atoms with Gasteiger partial charge in [-0.25, -0.2) is 4.39 Å². The van der Waals surface area contributed by atoms with Crippen LogP contribution in [0.4, 0.5) is 4.39 Å². The number of Topliss-reactive ketones (excluding diaryl/α,β-unsaturated/α-hetero) is 1. The third-order valence-electron chi connectivity index (χ3n) is 6.41. The van der Waals surface area contributed by atoms with Crippen molar-refractivity contribution in [3.63, 3.8) is 0 Å². The average molecular weight is 351 g/mol. The van der Waals surface area contributed by atoms with Crippen LogP contribution < -0.4 is 0 Å². The molecule has 2 fully saturated rings. The lowest BCUT2D eigenvalue weighted by molar-refractivity contribution is 0.0828. The van der Waals surface area contributed by atoms with Crippen LogP contribution in [-0.2, 0) is 0 Å². The third-order valence-corrected chi connectivity index (χ3v) is 6.87. The van der Waals surface area contributed by atoms with Crippen LogP contribution in [-0.4, -0.2) is 5.78 Å². The zero-order chi connectivity index (χ0) is 17.3. The van der Waals surface area contributed by atoms with Gasteiger partial charge in [0.1, 0.15) is 0 Å².